The second-order valence-corrected chi connectivity index (χ2v) is 10.5. The number of carbonyl (C=O) groups excluding carboxylic acids is 3. The van der Waals surface area contributed by atoms with Crippen molar-refractivity contribution in [3.63, 3.8) is 0 Å². The lowest BCUT2D eigenvalue weighted by molar-refractivity contribution is -0.140. The van der Waals surface area contributed by atoms with Gasteiger partial charge < -0.3 is 14.2 Å². The summed E-state index contributed by atoms with van der Waals surface area (Å²) in [4.78, 5) is 39.8. The van der Waals surface area contributed by atoms with Gasteiger partial charge in [0.15, 0.2) is 17.3 Å². The minimum absolute atomic E-state index is 0.0536. The van der Waals surface area contributed by atoms with Gasteiger partial charge in [-0.2, -0.15) is 0 Å². The first-order valence-electron chi connectivity index (χ1n) is 10.7. The molecule has 6 heteroatoms. The van der Waals surface area contributed by atoms with E-state index in [2.05, 4.69) is 0 Å². The fourth-order valence-corrected chi connectivity index (χ4v) is 5.33. The van der Waals surface area contributed by atoms with Crippen molar-refractivity contribution in [3.05, 3.63) is 29.0 Å². The molecular formula is C25H30O6. The highest BCUT2D eigenvalue weighted by molar-refractivity contribution is 6.09. The third kappa shape index (κ3) is 3.66. The van der Waals surface area contributed by atoms with E-state index in [0.717, 1.165) is 0 Å². The van der Waals surface area contributed by atoms with Gasteiger partial charge in [0.05, 0.1) is 20.1 Å². The van der Waals surface area contributed by atoms with Crippen molar-refractivity contribution in [3.8, 4) is 17.2 Å². The van der Waals surface area contributed by atoms with Crippen LogP contribution in [0.1, 0.15) is 64.9 Å². The number of rotatable bonds is 3. The summed E-state index contributed by atoms with van der Waals surface area (Å²) in [7, 11) is 3.07. The van der Waals surface area contributed by atoms with Crippen LogP contribution >= 0.6 is 0 Å². The monoisotopic (exact) mass is 426 g/mol. The predicted octanol–water partition coefficient (Wildman–Crippen LogP) is 4.40. The third-order valence-corrected chi connectivity index (χ3v) is 6.61. The summed E-state index contributed by atoms with van der Waals surface area (Å²) in [6.07, 6.45) is 1.55. The van der Waals surface area contributed by atoms with Crippen molar-refractivity contribution in [1.29, 1.82) is 0 Å². The van der Waals surface area contributed by atoms with Gasteiger partial charge in [0, 0.05) is 48.8 Å². The largest absolute Gasteiger partial charge is 0.493 e. The average Bonchev–Trinajstić information content (AvgIpc) is 2.63. The zero-order valence-corrected chi connectivity index (χ0v) is 19.1. The van der Waals surface area contributed by atoms with Crippen LogP contribution in [0.4, 0.5) is 0 Å². The molecule has 31 heavy (non-hydrogen) atoms. The minimum Gasteiger partial charge on any atom is -0.493 e. The topological polar surface area (TPSA) is 78.9 Å². The molecule has 1 fully saturated rings. The number of carbonyl (C=O) groups is 3. The van der Waals surface area contributed by atoms with Crippen LogP contribution in [-0.4, -0.2) is 31.6 Å². The highest BCUT2D eigenvalue weighted by Crippen LogP contribution is 2.54. The first kappa shape index (κ1) is 21.6. The number of hydrogen-bond donors (Lipinski definition) is 0. The van der Waals surface area contributed by atoms with E-state index in [1.807, 2.05) is 27.7 Å². The van der Waals surface area contributed by atoms with E-state index in [0.29, 0.717) is 59.8 Å². The zero-order chi connectivity index (χ0) is 22.7. The van der Waals surface area contributed by atoms with Crippen LogP contribution < -0.4 is 14.2 Å². The SMILES string of the molecule is COc1cc2c(cc1OC)C(C1C(=O)CC(C)(C)CC1=O)C1=C(CC(C)(C)CC1=O)O2. The highest BCUT2D eigenvalue weighted by Gasteiger charge is 2.51. The van der Waals surface area contributed by atoms with Crippen molar-refractivity contribution in [2.24, 2.45) is 16.7 Å². The summed E-state index contributed by atoms with van der Waals surface area (Å²) in [5, 5.41) is 0. The molecular weight excluding hydrogens is 396 g/mol. The van der Waals surface area contributed by atoms with Crippen LogP contribution in [0.2, 0.25) is 0 Å². The van der Waals surface area contributed by atoms with Crippen LogP contribution in [0.5, 0.6) is 17.2 Å². The van der Waals surface area contributed by atoms with Gasteiger partial charge in [-0.25, -0.2) is 0 Å². The Balaban J connectivity index is 1.92. The summed E-state index contributed by atoms with van der Waals surface area (Å²) in [5.74, 6) is 0.223. The Kier molecular flexibility index (Phi) is 5.02. The van der Waals surface area contributed by atoms with E-state index in [1.165, 1.54) is 7.11 Å². The predicted molar refractivity (Wildman–Crippen MR) is 114 cm³/mol. The van der Waals surface area contributed by atoms with E-state index in [4.69, 9.17) is 14.2 Å². The molecule has 2 aliphatic carbocycles. The average molecular weight is 427 g/mol. The van der Waals surface area contributed by atoms with Gasteiger partial charge in [0.2, 0.25) is 0 Å². The van der Waals surface area contributed by atoms with Crippen LogP contribution in [0, 0.1) is 16.7 Å². The van der Waals surface area contributed by atoms with Gasteiger partial charge in [0.25, 0.3) is 0 Å². The summed E-state index contributed by atoms with van der Waals surface area (Å²) < 4.78 is 17.1. The number of ketones is 3. The molecule has 1 heterocycles. The van der Waals surface area contributed by atoms with Gasteiger partial charge in [-0.05, 0) is 16.9 Å². The molecule has 0 bridgehead atoms. The maximum atomic E-state index is 13.3. The molecule has 1 aliphatic heterocycles. The number of methoxy groups -OCH3 is 2. The van der Waals surface area contributed by atoms with Crippen molar-refractivity contribution in [2.45, 2.75) is 59.3 Å². The molecule has 0 amide bonds. The molecule has 1 aromatic rings. The molecule has 0 saturated heterocycles. The Labute approximate surface area is 182 Å². The van der Waals surface area contributed by atoms with E-state index in [1.54, 1.807) is 19.2 Å². The van der Waals surface area contributed by atoms with Crippen molar-refractivity contribution >= 4 is 17.3 Å². The number of Topliss-reactive ketones (excluding diaryl/α,β-unsaturated/α-hetero) is 3. The van der Waals surface area contributed by atoms with E-state index in [9.17, 15) is 14.4 Å². The maximum Gasteiger partial charge on any atom is 0.164 e. The Bertz CT molecular complexity index is 993. The van der Waals surface area contributed by atoms with E-state index >= 15 is 0 Å². The Morgan fingerprint density at radius 2 is 1.35 bits per heavy atom. The third-order valence-electron chi connectivity index (χ3n) is 6.61. The Morgan fingerprint density at radius 3 is 1.94 bits per heavy atom. The molecule has 166 valence electrons. The molecule has 0 radical (unpaired) electrons. The smallest absolute Gasteiger partial charge is 0.164 e. The van der Waals surface area contributed by atoms with Crippen LogP contribution in [0.15, 0.2) is 23.5 Å². The first-order valence-corrected chi connectivity index (χ1v) is 10.7. The molecule has 3 aliphatic rings. The van der Waals surface area contributed by atoms with E-state index in [-0.39, 0.29) is 28.2 Å². The molecule has 0 N–H and O–H groups in total. The van der Waals surface area contributed by atoms with Gasteiger partial charge in [-0.1, -0.05) is 27.7 Å². The number of fused-ring (bicyclic) bond motifs is 1. The lowest BCUT2D eigenvalue weighted by atomic mass is 9.62. The zero-order valence-electron chi connectivity index (χ0n) is 19.1. The summed E-state index contributed by atoms with van der Waals surface area (Å²) >= 11 is 0. The minimum atomic E-state index is -0.885. The number of allylic oxidation sites excluding steroid dienone is 2. The van der Waals surface area contributed by atoms with Crippen LogP contribution in [-0.2, 0) is 14.4 Å². The molecule has 1 atom stereocenters. The quantitative estimate of drug-likeness (QED) is 0.667. The van der Waals surface area contributed by atoms with Crippen molar-refractivity contribution in [1.82, 2.24) is 0 Å². The first-order chi connectivity index (χ1) is 14.5. The second-order valence-electron chi connectivity index (χ2n) is 10.5. The lowest BCUT2D eigenvalue weighted by Crippen LogP contribution is -2.44. The summed E-state index contributed by atoms with van der Waals surface area (Å²) in [6.45, 7) is 7.92. The fourth-order valence-electron chi connectivity index (χ4n) is 5.33. The molecule has 0 spiro atoms. The molecule has 1 aromatic carbocycles. The Hall–Kier alpha value is -2.63. The summed E-state index contributed by atoms with van der Waals surface area (Å²) in [6, 6.07) is 3.47. The number of hydrogen-bond acceptors (Lipinski definition) is 6. The molecule has 6 nitrogen and oxygen atoms in total. The highest BCUT2D eigenvalue weighted by atomic mass is 16.5. The molecule has 0 aromatic heterocycles. The molecule has 4 rings (SSSR count). The van der Waals surface area contributed by atoms with Crippen molar-refractivity contribution < 1.29 is 28.6 Å². The standard InChI is InChI=1S/C25H30O6/c1-24(2)9-14(26)22(15(27)10-24)21-13-7-18(29-5)19(30-6)8-17(13)31-20-12-25(3,4)11-16(28)23(20)21/h7-8,21-22H,9-12H2,1-6H3. The van der Waals surface area contributed by atoms with Gasteiger partial charge in [-0.3, -0.25) is 14.4 Å². The number of ether oxygens (including phenoxy) is 3. The number of benzene rings is 1. The van der Waals surface area contributed by atoms with E-state index < -0.39 is 11.8 Å². The van der Waals surface area contributed by atoms with Crippen molar-refractivity contribution in [2.75, 3.05) is 14.2 Å². The van der Waals surface area contributed by atoms with Crippen LogP contribution in [0.3, 0.4) is 0 Å². The van der Waals surface area contributed by atoms with Gasteiger partial charge in [-0.15, -0.1) is 0 Å². The second kappa shape index (κ2) is 7.21. The Morgan fingerprint density at radius 1 is 0.806 bits per heavy atom. The lowest BCUT2D eigenvalue weighted by Gasteiger charge is -2.42. The van der Waals surface area contributed by atoms with Gasteiger partial charge in [0.1, 0.15) is 23.1 Å². The molecule has 1 unspecified atom stereocenters. The molecule has 1 saturated carbocycles. The van der Waals surface area contributed by atoms with Crippen LogP contribution in [0.25, 0.3) is 0 Å². The maximum absolute atomic E-state index is 13.3. The normalized spacial score (nSPS) is 25.0. The summed E-state index contributed by atoms with van der Waals surface area (Å²) in [5.41, 5.74) is 0.490. The fraction of sp³-hybridized carbons (Fsp3) is 0.560. The van der Waals surface area contributed by atoms with Gasteiger partial charge >= 0.3 is 0 Å².